The lowest BCUT2D eigenvalue weighted by Crippen LogP contribution is -2.24. The number of aliphatic imine (C=N–C) groups is 1. The Kier molecular flexibility index (Phi) is 3.04. The molecule has 2 saturated carbocycles. The van der Waals surface area contributed by atoms with E-state index < -0.39 is 0 Å². The van der Waals surface area contributed by atoms with Crippen molar-refractivity contribution in [2.24, 2.45) is 4.99 Å². The summed E-state index contributed by atoms with van der Waals surface area (Å²) >= 11 is 0. The molecule has 0 aliphatic heterocycles. The predicted molar refractivity (Wildman–Crippen MR) is 72.6 cm³/mol. The van der Waals surface area contributed by atoms with Crippen molar-refractivity contribution in [1.82, 2.24) is 0 Å². The van der Waals surface area contributed by atoms with Crippen LogP contribution in [-0.4, -0.2) is 13.2 Å². The number of rotatable bonds is 4. The average molecular weight is 257 g/mol. The van der Waals surface area contributed by atoms with Crippen LogP contribution < -0.4 is 0 Å². The number of hydrogen-bond acceptors (Lipinski definition) is 3. The standard InChI is InChI=1S/C16H19NO2/c1-19-16(10-11-16)14-7-3-2-6-13(14)15(17-12-18)8-4-5-9-15/h2-3,6-7H,4-5,8-11H2,1H3. The van der Waals surface area contributed by atoms with Crippen LogP contribution in [0.1, 0.15) is 49.7 Å². The molecule has 3 nitrogen and oxygen atoms in total. The van der Waals surface area contributed by atoms with Gasteiger partial charge in [0.25, 0.3) is 0 Å². The molecule has 0 saturated heterocycles. The Labute approximate surface area is 113 Å². The number of ether oxygens (including phenoxy) is 1. The maximum absolute atomic E-state index is 10.9. The van der Waals surface area contributed by atoms with Crippen molar-refractivity contribution in [3.05, 3.63) is 35.4 Å². The highest BCUT2D eigenvalue weighted by Gasteiger charge is 2.49. The molecular formula is C16H19NO2. The fourth-order valence-corrected chi connectivity index (χ4v) is 3.47. The van der Waals surface area contributed by atoms with E-state index in [1.807, 2.05) is 12.1 Å². The molecule has 1 aromatic carbocycles. The summed E-state index contributed by atoms with van der Waals surface area (Å²) in [7, 11) is 1.77. The second-order valence-corrected chi connectivity index (χ2v) is 5.69. The van der Waals surface area contributed by atoms with Gasteiger partial charge in [0.1, 0.15) is 0 Å². The quantitative estimate of drug-likeness (QED) is 0.612. The van der Waals surface area contributed by atoms with Crippen LogP contribution in [0.15, 0.2) is 29.3 Å². The fraction of sp³-hybridized carbons (Fsp3) is 0.562. The molecule has 0 aromatic heterocycles. The molecule has 2 fully saturated rings. The number of isocyanates is 1. The first-order chi connectivity index (χ1) is 9.26. The van der Waals surface area contributed by atoms with Gasteiger partial charge in [0, 0.05) is 7.11 Å². The lowest BCUT2D eigenvalue weighted by atomic mass is 9.83. The van der Waals surface area contributed by atoms with Gasteiger partial charge >= 0.3 is 0 Å². The van der Waals surface area contributed by atoms with Gasteiger partial charge in [-0.1, -0.05) is 37.1 Å². The van der Waals surface area contributed by atoms with Gasteiger partial charge in [-0.15, -0.1) is 0 Å². The van der Waals surface area contributed by atoms with Gasteiger partial charge in [-0.3, -0.25) is 0 Å². The van der Waals surface area contributed by atoms with Crippen molar-refractivity contribution in [1.29, 1.82) is 0 Å². The molecule has 19 heavy (non-hydrogen) atoms. The molecule has 0 radical (unpaired) electrons. The summed E-state index contributed by atoms with van der Waals surface area (Å²) in [6, 6.07) is 8.32. The van der Waals surface area contributed by atoms with Crippen molar-refractivity contribution >= 4 is 6.08 Å². The van der Waals surface area contributed by atoms with Gasteiger partial charge in [0.2, 0.25) is 6.08 Å². The topological polar surface area (TPSA) is 38.7 Å². The van der Waals surface area contributed by atoms with Gasteiger partial charge in [-0.05, 0) is 36.8 Å². The number of carbonyl (C=O) groups excluding carboxylic acids is 1. The molecule has 0 bridgehead atoms. The Morgan fingerprint density at radius 2 is 1.74 bits per heavy atom. The number of benzene rings is 1. The molecule has 2 aliphatic carbocycles. The summed E-state index contributed by atoms with van der Waals surface area (Å²) < 4.78 is 5.72. The summed E-state index contributed by atoms with van der Waals surface area (Å²) in [5.74, 6) is 0. The van der Waals surface area contributed by atoms with Crippen molar-refractivity contribution in [2.75, 3.05) is 7.11 Å². The van der Waals surface area contributed by atoms with E-state index >= 15 is 0 Å². The summed E-state index contributed by atoms with van der Waals surface area (Å²) in [4.78, 5) is 15.1. The van der Waals surface area contributed by atoms with E-state index in [4.69, 9.17) is 4.74 Å². The second kappa shape index (κ2) is 4.59. The third kappa shape index (κ3) is 1.94. The molecule has 100 valence electrons. The molecule has 0 amide bonds. The Balaban J connectivity index is 2.12. The highest BCUT2D eigenvalue weighted by molar-refractivity contribution is 5.45. The van der Waals surface area contributed by atoms with Crippen molar-refractivity contribution in [3.63, 3.8) is 0 Å². The van der Waals surface area contributed by atoms with Gasteiger partial charge in [-0.25, -0.2) is 4.79 Å². The lowest BCUT2D eigenvalue weighted by molar-refractivity contribution is 0.0770. The summed E-state index contributed by atoms with van der Waals surface area (Å²) in [6.45, 7) is 0. The van der Waals surface area contributed by atoms with E-state index in [2.05, 4.69) is 17.1 Å². The van der Waals surface area contributed by atoms with Crippen LogP contribution >= 0.6 is 0 Å². The largest absolute Gasteiger partial charge is 0.374 e. The second-order valence-electron chi connectivity index (χ2n) is 5.69. The molecule has 0 N–H and O–H groups in total. The van der Waals surface area contributed by atoms with Crippen molar-refractivity contribution in [3.8, 4) is 0 Å². The molecule has 3 heteroatoms. The lowest BCUT2D eigenvalue weighted by Gasteiger charge is -2.28. The first-order valence-corrected chi connectivity index (χ1v) is 7.01. The van der Waals surface area contributed by atoms with E-state index in [0.717, 1.165) is 38.5 Å². The minimum atomic E-state index is -0.355. The van der Waals surface area contributed by atoms with Crippen LogP contribution in [0.5, 0.6) is 0 Å². The fourth-order valence-electron chi connectivity index (χ4n) is 3.47. The summed E-state index contributed by atoms with van der Waals surface area (Å²) in [6.07, 6.45) is 8.05. The van der Waals surface area contributed by atoms with Crippen LogP contribution in [0.3, 0.4) is 0 Å². The first-order valence-electron chi connectivity index (χ1n) is 7.01. The first kappa shape index (κ1) is 12.6. The Bertz CT molecular complexity index is 521. The van der Waals surface area contributed by atoms with Crippen LogP contribution in [0.4, 0.5) is 0 Å². The zero-order chi connectivity index (χ0) is 13.3. The van der Waals surface area contributed by atoms with E-state index in [-0.39, 0.29) is 11.1 Å². The molecule has 0 heterocycles. The third-order valence-electron chi connectivity index (χ3n) is 4.70. The highest BCUT2D eigenvalue weighted by Crippen LogP contribution is 2.54. The minimum Gasteiger partial charge on any atom is -0.374 e. The Hall–Kier alpha value is -1.44. The Morgan fingerprint density at radius 1 is 1.11 bits per heavy atom. The molecule has 0 atom stereocenters. The summed E-state index contributed by atoms with van der Waals surface area (Å²) in [5.41, 5.74) is 1.91. The van der Waals surface area contributed by atoms with Crippen molar-refractivity contribution < 1.29 is 9.53 Å². The van der Waals surface area contributed by atoms with E-state index in [9.17, 15) is 4.79 Å². The third-order valence-corrected chi connectivity index (χ3v) is 4.70. The van der Waals surface area contributed by atoms with Crippen LogP contribution in [0, 0.1) is 0 Å². The smallest absolute Gasteiger partial charge is 0.235 e. The van der Waals surface area contributed by atoms with Gasteiger partial charge in [0.15, 0.2) is 0 Å². The number of methoxy groups -OCH3 is 1. The molecule has 0 unspecified atom stereocenters. The molecular weight excluding hydrogens is 238 g/mol. The highest BCUT2D eigenvalue weighted by atomic mass is 16.5. The zero-order valence-corrected chi connectivity index (χ0v) is 11.3. The molecule has 1 aromatic rings. The normalized spacial score (nSPS) is 22.8. The monoisotopic (exact) mass is 257 g/mol. The predicted octanol–water partition coefficient (Wildman–Crippen LogP) is 3.43. The van der Waals surface area contributed by atoms with E-state index in [1.54, 1.807) is 13.2 Å². The van der Waals surface area contributed by atoms with E-state index in [1.165, 1.54) is 11.1 Å². The van der Waals surface area contributed by atoms with Crippen LogP contribution in [-0.2, 0) is 20.7 Å². The van der Waals surface area contributed by atoms with Gasteiger partial charge in [0.05, 0.1) is 11.1 Å². The zero-order valence-electron chi connectivity index (χ0n) is 11.3. The average Bonchev–Trinajstić information content (AvgIpc) is 3.12. The Morgan fingerprint density at radius 3 is 2.26 bits per heavy atom. The van der Waals surface area contributed by atoms with Gasteiger partial charge in [-0.2, -0.15) is 4.99 Å². The summed E-state index contributed by atoms with van der Waals surface area (Å²) in [5, 5.41) is 0. The van der Waals surface area contributed by atoms with Crippen LogP contribution in [0.2, 0.25) is 0 Å². The molecule has 3 rings (SSSR count). The number of nitrogens with zero attached hydrogens (tertiary/aromatic N) is 1. The number of hydrogen-bond donors (Lipinski definition) is 0. The maximum Gasteiger partial charge on any atom is 0.235 e. The van der Waals surface area contributed by atoms with Gasteiger partial charge < -0.3 is 4.74 Å². The maximum atomic E-state index is 10.9. The van der Waals surface area contributed by atoms with Crippen LogP contribution in [0.25, 0.3) is 0 Å². The van der Waals surface area contributed by atoms with E-state index in [0.29, 0.717) is 0 Å². The van der Waals surface area contributed by atoms with Crippen molar-refractivity contribution in [2.45, 2.75) is 49.7 Å². The molecule has 0 spiro atoms. The minimum absolute atomic E-state index is 0.134. The SMILES string of the molecule is COC1(c2ccccc2C2(N=C=O)CCCC2)CC1. The molecule has 2 aliphatic rings.